The highest BCUT2D eigenvalue weighted by Gasteiger charge is 2.48. The molecule has 1 N–H and O–H groups in total. The van der Waals surface area contributed by atoms with Gasteiger partial charge in [0.15, 0.2) is 6.61 Å². The summed E-state index contributed by atoms with van der Waals surface area (Å²) < 4.78 is 45.4. The van der Waals surface area contributed by atoms with Crippen molar-refractivity contribution in [3.05, 3.63) is 34.1 Å². The molecule has 0 radical (unpaired) electrons. The number of halogens is 4. The normalized spacial score (nSPS) is 22.3. The predicted octanol–water partition coefficient (Wildman–Crippen LogP) is 3.20. The first kappa shape index (κ1) is 13.0. The van der Waals surface area contributed by atoms with Gasteiger partial charge in [0.1, 0.15) is 11.9 Å². The van der Waals surface area contributed by atoms with Crippen molar-refractivity contribution in [3.8, 4) is 0 Å². The Morgan fingerprint density at radius 1 is 1.50 bits per heavy atom. The lowest BCUT2D eigenvalue weighted by atomic mass is 9.97. The Bertz CT molecular complexity index is 507. The topological polar surface area (TPSA) is 38.3 Å². The fourth-order valence-electron chi connectivity index (χ4n) is 1.74. The van der Waals surface area contributed by atoms with Gasteiger partial charge in [0, 0.05) is 10.6 Å². The third kappa shape index (κ3) is 2.12. The molecule has 1 aromatic rings. The molecule has 0 bridgehead atoms. The zero-order valence-corrected chi connectivity index (χ0v) is 10.0. The summed E-state index contributed by atoms with van der Waals surface area (Å²) in [4.78, 5) is 11.0. The van der Waals surface area contributed by atoms with E-state index in [2.05, 4.69) is 4.74 Å². The van der Waals surface area contributed by atoms with Crippen LogP contribution in [-0.4, -0.2) is 18.6 Å². The number of carbonyl (C=O) groups is 1. The molecule has 1 atom stereocenters. The van der Waals surface area contributed by atoms with Crippen LogP contribution in [0, 0.1) is 12.7 Å². The third-order valence-corrected chi connectivity index (χ3v) is 3.02. The SMILES string of the molecule is Cc1ccc(Cl)c([C@H]2NC(=O)OCC2(F)F)c1F. The number of ether oxygens (including phenoxy) is 1. The lowest BCUT2D eigenvalue weighted by Gasteiger charge is -2.32. The zero-order chi connectivity index (χ0) is 13.5. The van der Waals surface area contributed by atoms with E-state index in [1.807, 2.05) is 5.32 Å². The highest BCUT2D eigenvalue weighted by Crippen LogP contribution is 2.39. The van der Waals surface area contributed by atoms with E-state index < -0.39 is 36.0 Å². The summed E-state index contributed by atoms with van der Waals surface area (Å²) in [7, 11) is 0. The highest BCUT2D eigenvalue weighted by molar-refractivity contribution is 6.31. The molecular weight excluding hydrogens is 271 g/mol. The second-order valence-electron chi connectivity index (χ2n) is 4.01. The second-order valence-corrected chi connectivity index (χ2v) is 4.41. The van der Waals surface area contributed by atoms with E-state index in [4.69, 9.17) is 11.6 Å². The van der Waals surface area contributed by atoms with E-state index >= 15 is 0 Å². The lowest BCUT2D eigenvalue weighted by Crippen LogP contribution is -2.50. The predicted molar refractivity (Wildman–Crippen MR) is 58.3 cm³/mol. The Kier molecular flexibility index (Phi) is 3.14. The first-order valence-corrected chi connectivity index (χ1v) is 5.46. The molecule has 3 nitrogen and oxygen atoms in total. The van der Waals surface area contributed by atoms with Gasteiger partial charge in [-0.05, 0) is 18.6 Å². The van der Waals surface area contributed by atoms with Crippen molar-refractivity contribution in [3.63, 3.8) is 0 Å². The molecule has 0 spiro atoms. The van der Waals surface area contributed by atoms with Crippen LogP contribution in [0.4, 0.5) is 18.0 Å². The van der Waals surface area contributed by atoms with Gasteiger partial charge in [0.25, 0.3) is 0 Å². The van der Waals surface area contributed by atoms with Gasteiger partial charge in [-0.15, -0.1) is 0 Å². The number of alkyl carbamates (subject to hydrolysis) is 1. The van der Waals surface area contributed by atoms with Crippen LogP contribution in [0.1, 0.15) is 17.2 Å². The number of rotatable bonds is 1. The number of carbonyl (C=O) groups excluding carboxylic acids is 1. The Morgan fingerprint density at radius 3 is 2.83 bits per heavy atom. The van der Waals surface area contributed by atoms with Gasteiger partial charge in [0.05, 0.1) is 0 Å². The van der Waals surface area contributed by atoms with E-state index in [9.17, 15) is 18.0 Å². The van der Waals surface area contributed by atoms with Crippen LogP contribution < -0.4 is 5.32 Å². The minimum atomic E-state index is -3.42. The second kappa shape index (κ2) is 4.35. The van der Waals surface area contributed by atoms with Gasteiger partial charge < -0.3 is 10.1 Å². The van der Waals surface area contributed by atoms with Crippen molar-refractivity contribution in [2.45, 2.75) is 18.9 Å². The molecule has 0 saturated carbocycles. The summed E-state index contributed by atoms with van der Waals surface area (Å²) in [5.41, 5.74) is -0.246. The number of cyclic esters (lactones) is 1. The molecule has 2 rings (SSSR count). The molecule has 18 heavy (non-hydrogen) atoms. The molecule has 0 aliphatic carbocycles. The lowest BCUT2D eigenvalue weighted by molar-refractivity contribution is -0.104. The fourth-order valence-corrected chi connectivity index (χ4v) is 1.99. The van der Waals surface area contributed by atoms with Crippen molar-refractivity contribution in [2.24, 2.45) is 0 Å². The molecule has 7 heteroatoms. The maximum atomic E-state index is 13.9. The van der Waals surface area contributed by atoms with Gasteiger partial charge in [-0.2, -0.15) is 0 Å². The van der Waals surface area contributed by atoms with Gasteiger partial charge in [-0.25, -0.2) is 18.0 Å². The molecule has 1 aromatic carbocycles. The average molecular weight is 280 g/mol. The summed E-state index contributed by atoms with van der Waals surface area (Å²) in [6, 6.07) is 0.860. The van der Waals surface area contributed by atoms with Crippen LogP contribution in [-0.2, 0) is 4.74 Å². The van der Waals surface area contributed by atoms with Gasteiger partial charge >= 0.3 is 12.0 Å². The standard InChI is InChI=1S/C11H9ClF3NO2/c1-5-2-3-6(12)7(8(5)13)9-11(14,15)4-18-10(17)16-9/h2-3,9H,4H2,1H3,(H,16,17)/t9-/m1/s1. The fraction of sp³-hybridized carbons (Fsp3) is 0.364. The Labute approximate surface area is 106 Å². The number of amides is 1. The van der Waals surface area contributed by atoms with E-state index in [1.165, 1.54) is 19.1 Å². The smallest absolute Gasteiger partial charge is 0.408 e. The summed E-state index contributed by atoms with van der Waals surface area (Å²) in [6.45, 7) is 0.321. The molecule has 1 aliphatic rings. The molecule has 1 amide bonds. The van der Waals surface area contributed by atoms with Crippen molar-refractivity contribution in [1.29, 1.82) is 0 Å². The molecule has 98 valence electrons. The van der Waals surface area contributed by atoms with Crippen LogP contribution in [0.15, 0.2) is 12.1 Å². The number of nitrogens with one attached hydrogen (secondary N) is 1. The molecule has 1 heterocycles. The van der Waals surface area contributed by atoms with Crippen LogP contribution in [0.3, 0.4) is 0 Å². The minimum absolute atomic E-state index is 0.162. The van der Waals surface area contributed by atoms with Crippen molar-refractivity contribution >= 4 is 17.7 Å². The summed E-state index contributed by atoms with van der Waals surface area (Å²) in [5, 5.41) is 1.73. The van der Waals surface area contributed by atoms with Crippen molar-refractivity contribution < 1.29 is 22.7 Å². The Morgan fingerprint density at radius 2 is 2.17 bits per heavy atom. The monoisotopic (exact) mass is 279 g/mol. The molecule has 1 saturated heterocycles. The molecule has 0 aromatic heterocycles. The van der Waals surface area contributed by atoms with E-state index in [-0.39, 0.29) is 10.6 Å². The minimum Gasteiger partial charge on any atom is -0.443 e. The maximum Gasteiger partial charge on any atom is 0.408 e. The molecular formula is C11H9ClF3NO2. The number of aryl methyl sites for hydroxylation is 1. The summed E-state index contributed by atoms with van der Waals surface area (Å²) in [5.74, 6) is -4.28. The Hall–Kier alpha value is -1.43. The van der Waals surface area contributed by atoms with Crippen LogP contribution in [0.2, 0.25) is 5.02 Å². The van der Waals surface area contributed by atoms with Crippen LogP contribution >= 0.6 is 11.6 Å². The largest absolute Gasteiger partial charge is 0.443 e. The van der Waals surface area contributed by atoms with Crippen LogP contribution in [0.25, 0.3) is 0 Å². The number of benzene rings is 1. The van der Waals surface area contributed by atoms with Crippen molar-refractivity contribution in [1.82, 2.24) is 5.32 Å². The zero-order valence-electron chi connectivity index (χ0n) is 9.27. The first-order chi connectivity index (χ1) is 8.33. The third-order valence-electron chi connectivity index (χ3n) is 2.69. The van der Waals surface area contributed by atoms with Gasteiger partial charge in [-0.1, -0.05) is 17.7 Å². The molecule has 1 aliphatic heterocycles. The van der Waals surface area contributed by atoms with Crippen molar-refractivity contribution in [2.75, 3.05) is 6.61 Å². The number of hydrogen-bond donors (Lipinski definition) is 1. The van der Waals surface area contributed by atoms with Gasteiger partial charge in [-0.3, -0.25) is 0 Å². The number of hydrogen-bond acceptors (Lipinski definition) is 2. The quantitative estimate of drug-likeness (QED) is 0.857. The van der Waals surface area contributed by atoms with Crippen LogP contribution in [0.5, 0.6) is 0 Å². The summed E-state index contributed by atoms with van der Waals surface area (Å²) >= 11 is 5.74. The highest BCUT2D eigenvalue weighted by atomic mass is 35.5. The summed E-state index contributed by atoms with van der Waals surface area (Å²) in [6.07, 6.45) is -1.03. The molecule has 0 unspecified atom stereocenters. The molecule has 1 fully saturated rings. The van der Waals surface area contributed by atoms with E-state index in [1.54, 1.807) is 0 Å². The average Bonchev–Trinajstić information content (AvgIpc) is 2.29. The van der Waals surface area contributed by atoms with E-state index in [0.717, 1.165) is 0 Å². The number of alkyl halides is 2. The first-order valence-electron chi connectivity index (χ1n) is 5.08. The van der Waals surface area contributed by atoms with E-state index in [0.29, 0.717) is 0 Å². The van der Waals surface area contributed by atoms with Gasteiger partial charge in [0.2, 0.25) is 0 Å². The Balaban J connectivity index is 2.52. The maximum absolute atomic E-state index is 13.9.